The minimum atomic E-state index is -0.522. The van der Waals surface area contributed by atoms with Crippen molar-refractivity contribution in [2.24, 2.45) is 23.7 Å². The van der Waals surface area contributed by atoms with Crippen LogP contribution in [0.25, 0.3) is 0 Å². The first-order valence-corrected chi connectivity index (χ1v) is 6.99. The normalized spacial score (nSPS) is 43.8. The van der Waals surface area contributed by atoms with Crippen molar-refractivity contribution in [1.82, 2.24) is 0 Å². The summed E-state index contributed by atoms with van der Waals surface area (Å²) in [6, 6.07) is 0. The second-order valence-electron chi connectivity index (χ2n) is 6.33. The number of aliphatic hydroxyl groups excluding tert-OH is 1. The Hall–Kier alpha value is -0.340. The van der Waals surface area contributed by atoms with E-state index < -0.39 is 5.60 Å². The van der Waals surface area contributed by atoms with Crippen LogP contribution in [-0.4, -0.2) is 22.4 Å². The Labute approximate surface area is 105 Å². The van der Waals surface area contributed by atoms with Crippen molar-refractivity contribution in [2.45, 2.75) is 52.1 Å². The van der Waals surface area contributed by atoms with E-state index in [0.29, 0.717) is 17.8 Å². The molecule has 0 bridgehead atoms. The fourth-order valence-corrected chi connectivity index (χ4v) is 3.81. The molecule has 0 spiro atoms. The molecule has 98 valence electrons. The highest BCUT2D eigenvalue weighted by Crippen LogP contribution is 2.50. The van der Waals surface area contributed by atoms with Gasteiger partial charge in [0.15, 0.2) is 0 Å². The van der Waals surface area contributed by atoms with Crippen molar-refractivity contribution in [1.29, 1.82) is 0 Å². The van der Waals surface area contributed by atoms with Gasteiger partial charge in [0.1, 0.15) is 0 Å². The van der Waals surface area contributed by atoms with Gasteiger partial charge in [-0.1, -0.05) is 25.5 Å². The summed E-state index contributed by atoms with van der Waals surface area (Å²) in [4.78, 5) is 0. The van der Waals surface area contributed by atoms with Gasteiger partial charge < -0.3 is 10.2 Å². The third-order valence-corrected chi connectivity index (χ3v) is 5.23. The van der Waals surface area contributed by atoms with Gasteiger partial charge in [-0.2, -0.15) is 0 Å². The van der Waals surface area contributed by atoms with E-state index in [1.807, 2.05) is 0 Å². The van der Waals surface area contributed by atoms with E-state index in [4.69, 9.17) is 0 Å². The van der Waals surface area contributed by atoms with Crippen LogP contribution in [0.5, 0.6) is 0 Å². The van der Waals surface area contributed by atoms with Crippen LogP contribution in [0.3, 0.4) is 0 Å². The Balaban J connectivity index is 2.30. The van der Waals surface area contributed by atoms with Crippen molar-refractivity contribution in [3.63, 3.8) is 0 Å². The zero-order valence-corrected chi connectivity index (χ0v) is 11.3. The van der Waals surface area contributed by atoms with Gasteiger partial charge in [0.25, 0.3) is 0 Å². The van der Waals surface area contributed by atoms with E-state index in [1.165, 1.54) is 5.57 Å². The van der Waals surface area contributed by atoms with Crippen LogP contribution in [0.2, 0.25) is 0 Å². The van der Waals surface area contributed by atoms with Gasteiger partial charge in [0, 0.05) is 12.5 Å². The molecule has 0 aromatic rings. The lowest BCUT2D eigenvalue weighted by atomic mass is 9.57. The molecule has 5 atom stereocenters. The Bertz CT molecular complexity index is 310. The van der Waals surface area contributed by atoms with E-state index in [1.54, 1.807) is 0 Å². The molecule has 0 radical (unpaired) electrons. The molecule has 2 nitrogen and oxygen atoms in total. The summed E-state index contributed by atoms with van der Waals surface area (Å²) in [5.41, 5.74) is 0.884. The standard InChI is InChI=1S/C15H26O2/c1-10-6-7-15(17)12(3)4-5-13(11(2)9-16)14(15)8-10/h8,11-14,16-17H,4-7,9H2,1-3H3/t11-,12-,13+,14+,15-/m0/s1. The minimum absolute atomic E-state index is 0.235. The Kier molecular flexibility index (Phi) is 3.65. The molecule has 2 rings (SSSR count). The summed E-state index contributed by atoms with van der Waals surface area (Å²) >= 11 is 0. The van der Waals surface area contributed by atoms with Gasteiger partial charge >= 0.3 is 0 Å². The second kappa shape index (κ2) is 4.74. The number of hydrogen-bond donors (Lipinski definition) is 2. The lowest BCUT2D eigenvalue weighted by Crippen LogP contribution is -2.52. The average Bonchev–Trinajstić information content (AvgIpc) is 2.31. The predicted octanol–water partition coefficient (Wildman–Crippen LogP) is 2.75. The zero-order chi connectivity index (χ0) is 12.6. The van der Waals surface area contributed by atoms with Gasteiger partial charge in [0.2, 0.25) is 0 Å². The van der Waals surface area contributed by atoms with Crippen molar-refractivity contribution in [2.75, 3.05) is 6.61 Å². The molecule has 0 heterocycles. The number of fused-ring (bicyclic) bond motifs is 1. The fraction of sp³-hybridized carbons (Fsp3) is 0.867. The molecule has 0 saturated heterocycles. The molecule has 1 fully saturated rings. The van der Waals surface area contributed by atoms with Gasteiger partial charge in [-0.15, -0.1) is 0 Å². The molecule has 2 aliphatic rings. The van der Waals surface area contributed by atoms with E-state index >= 15 is 0 Å². The maximum absolute atomic E-state index is 11.0. The van der Waals surface area contributed by atoms with E-state index in [2.05, 4.69) is 26.8 Å². The number of rotatable bonds is 2. The first-order valence-electron chi connectivity index (χ1n) is 6.99. The summed E-state index contributed by atoms with van der Waals surface area (Å²) in [5, 5.41) is 20.4. The van der Waals surface area contributed by atoms with Crippen molar-refractivity contribution >= 4 is 0 Å². The topological polar surface area (TPSA) is 40.5 Å². The number of allylic oxidation sites excluding steroid dienone is 1. The van der Waals surface area contributed by atoms with Crippen LogP contribution in [-0.2, 0) is 0 Å². The molecular weight excluding hydrogens is 212 g/mol. The first kappa shape index (κ1) is 13.1. The Morgan fingerprint density at radius 1 is 1.47 bits per heavy atom. The lowest BCUT2D eigenvalue weighted by molar-refractivity contribution is -0.115. The van der Waals surface area contributed by atoms with Crippen LogP contribution in [0.1, 0.15) is 46.5 Å². The highest BCUT2D eigenvalue weighted by atomic mass is 16.3. The molecule has 17 heavy (non-hydrogen) atoms. The van der Waals surface area contributed by atoms with Gasteiger partial charge in [0.05, 0.1) is 5.60 Å². The molecule has 0 aliphatic heterocycles. The van der Waals surface area contributed by atoms with Crippen molar-refractivity contribution < 1.29 is 10.2 Å². The highest BCUT2D eigenvalue weighted by molar-refractivity contribution is 5.17. The summed E-state index contributed by atoms with van der Waals surface area (Å²) in [6.45, 7) is 6.69. The third kappa shape index (κ3) is 2.17. The monoisotopic (exact) mass is 238 g/mol. The number of aliphatic hydroxyl groups is 2. The van der Waals surface area contributed by atoms with Gasteiger partial charge in [-0.05, 0) is 50.4 Å². The summed E-state index contributed by atoms with van der Waals surface area (Å²) in [5.74, 6) is 1.37. The molecule has 2 N–H and O–H groups in total. The van der Waals surface area contributed by atoms with Gasteiger partial charge in [-0.25, -0.2) is 0 Å². The van der Waals surface area contributed by atoms with Crippen LogP contribution in [0.4, 0.5) is 0 Å². The molecule has 0 unspecified atom stereocenters. The second-order valence-corrected chi connectivity index (χ2v) is 6.33. The maximum atomic E-state index is 11.0. The van der Waals surface area contributed by atoms with Crippen LogP contribution in [0.15, 0.2) is 11.6 Å². The van der Waals surface area contributed by atoms with Crippen molar-refractivity contribution in [3.8, 4) is 0 Å². The Morgan fingerprint density at radius 3 is 2.82 bits per heavy atom. The summed E-state index contributed by atoms with van der Waals surface area (Å²) < 4.78 is 0. The Morgan fingerprint density at radius 2 is 2.18 bits per heavy atom. The quantitative estimate of drug-likeness (QED) is 0.726. The zero-order valence-electron chi connectivity index (χ0n) is 11.3. The van der Waals surface area contributed by atoms with Gasteiger partial charge in [-0.3, -0.25) is 0 Å². The predicted molar refractivity (Wildman–Crippen MR) is 69.6 cm³/mol. The molecule has 0 aromatic carbocycles. The molecule has 1 saturated carbocycles. The smallest absolute Gasteiger partial charge is 0.0741 e. The van der Waals surface area contributed by atoms with Crippen LogP contribution >= 0.6 is 0 Å². The van der Waals surface area contributed by atoms with Crippen LogP contribution in [0, 0.1) is 23.7 Å². The molecular formula is C15H26O2. The van der Waals surface area contributed by atoms with E-state index in [9.17, 15) is 10.2 Å². The summed E-state index contributed by atoms with van der Waals surface area (Å²) in [7, 11) is 0. The largest absolute Gasteiger partial charge is 0.396 e. The van der Waals surface area contributed by atoms with Crippen LogP contribution < -0.4 is 0 Å². The molecule has 0 aromatic heterocycles. The summed E-state index contributed by atoms with van der Waals surface area (Å²) in [6.07, 6.45) is 6.44. The highest BCUT2D eigenvalue weighted by Gasteiger charge is 2.49. The fourth-order valence-electron chi connectivity index (χ4n) is 3.81. The van der Waals surface area contributed by atoms with Crippen molar-refractivity contribution in [3.05, 3.63) is 11.6 Å². The van der Waals surface area contributed by atoms with E-state index in [0.717, 1.165) is 25.7 Å². The van der Waals surface area contributed by atoms with E-state index in [-0.39, 0.29) is 12.5 Å². The molecule has 2 heteroatoms. The average molecular weight is 238 g/mol. The molecule has 2 aliphatic carbocycles. The minimum Gasteiger partial charge on any atom is -0.396 e. The molecule has 0 amide bonds. The third-order valence-electron chi connectivity index (χ3n) is 5.23. The number of hydrogen-bond acceptors (Lipinski definition) is 2. The first-order chi connectivity index (χ1) is 7.99. The lowest BCUT2D eigenvalue weighted by Gasteiger charge is -2.51. The maximum Gasteiger partial charge on any atom is 0.0741 e. The SMILES string of the molecule is CC1=C[C@@H]2[C@@H]([C@@H](C)CO)CC[C@H](C)[C@@]2(O)CC1.